The molecule has 1 heterocycles. The fraction of sp³-hybridized carbons (Fsp3) is 0.286. The van der Waals surface area contributed by atoms with Crippen molar-refractivity contribution in [2.75, 3.05) is 11.9 Å². The third-order valence-corrected chi connectivity index (χ3v) is 2.51. The number of hydrogen-bond donors (Lipinski definition) is 1. The molecule has 19 heavy (non-hydrogen) atoms. The van der Waals surface area contributed by atoms with Crippen molar-refractivity contribution in [3.05, 3.63) is 43.0 Å². The van der Waals surface area contributed by atoms with Crippen LogP contribution in [0.25, 0.3) is 5.69 Å². The number of carbonyl (C=O) groups is 1. The van der Waals surface area contributed by atoms with Gasteiger partial charge >= 0.3 is 0 Å². The lowest BCUT2D eigenvalue weighted by atomic mass is 10.2. The molecular weight excluding hydrogens is 242 g/mol. The second kappa shape index (κ2) is 6.15. The SMILES string of the molecule is CC(C)OCC(=O)Nc1ccccc1-n1ccnc1. The third-order valence-electron chi connectivity index (χ3n) is 2.51. The zero-order chi connectivity index (χ0) is 13.7. The fourth-order valence-corrected chi connectivity index (χ4v) is 1.63. The molecule has 0 atom stereocenters. The van der Waals surface area contributed by atoms with Gasteiger partial charge in [0.05, 0.1) is 23.8 Å². The van der Waals surface area contributed by atoms with Crippen molar-refractivity contribution < 1.29 is 9.53 Å². The van der Waals surface area contributed by atoms with E-state index in [1.54, 1.807) is 12.5 Å². The first-order valence-electron chi connectivity index (χ1n) is 6.15. The third kappa shape index (κ3) is 3.66. The lowest BCUT2D eigenvalue weighted by Gasteiger charge is -2.12. The summed E-state index contributed by atoms with van der Waals surface area (Å²) in [7, 11) is 0. The van der Waals surface area contributed by atoms with E-state index >= 15 is 0 Å². The van der Waals surface area contributed by atoms with Crippen molar-refractivity contribution in [3.63, 3.8) is 0 Å². The van der Waals surface area contributed by atoms with Crippen LogP contribution in [-0.4, -0.2) is 28.2 Å². The van der Waals surface area contributed by atoms with Crippen LogP contribution in [0.15, 0.2) is 43.0 Å². The molecule has 0 aliphatic heterocycles. The Morgan fingerprint density at radius 1 is 1.42 bits per heavy atom. The Balaban J connectivity index is 2.10. The van der Waals surface area contributed by atoms with Crippen molar-refractivity contribution in [3.8, 4) is 5.69 Å². The smallest absolute Gasteiger partial charge is 0.250 e. The Morgan fingerprint density at radius 3 is 2.89 bits per heavy atom. The molecule has 0 saturated heterocycles. The van der Waals surface area contributed by atoms with Gasteiger partial charge in [-0.05, 0) is 26.0 Å². The van der Waals surface area contributed by atoms with Gasteiger partial charge in [0.25, 0.3) is 0 Å². The Kier molecular flexibility index (Phi) is 4.30. The van der Waals surface area contributed by atoms with E-state index in [2.05, 4.69) is 10.3 Å². The number of hydrogen-bond acceptors (Lipinski definition) is 3. The minimum Gasteiger partial charge on any atom is -0.369 e. The summed E-state index contributed by atoms with van der Waals surface area (Å²) in [4.78, 5) is 15.8. The molecule has 0 aliphatic rings. The predicted molar refractivity (Wildman–Crippen MR) is 73.3 cm³/mol. The minimum absolute atomic E-state index is 0.0367. The molecule has 1 N–H and O–H groups in total. The highest BCUT2D eigenvalue weighted by Crippen LogP contribution is 2.19. The van der Waals surface area contributed by atoms with E-state index in [9.17, 15) is 4.79 Å². The van der Waals surface area contributed by atoms with Gasteiger partial charge in [0.1, 0.15) is 6.61 Å². The summed E-state index contributed by atoms with van der Waals surface area (Å²) >= 11 is 0. The average molecular weight is 259 g/mol. The standard InChI is InChI=1S/C14H17N3O2/c1-11(2)19-9-14(18)16-12-5-3-4-6-13(12)17-8-7-15-10-17/h3-8,10-11H,9H2,1-2H3,(H,16,18). The molecule has 5 nitrogen and oxygen atoms in total. The van der Waals surface area contributed by atoms with E-state index in [4.69, 9.17) is 4.74 Å². The first-order chi connectivity index (χ1) is 9.16. The van der Waals surface area contributed by atoms with Crippen molar-refractivity contribution in [1.82, 2.24) is 9.55 Å². The van der Waals surface area contributed by atoms with Gasteiger partial charge < -0.3 is 14.6 Å². The maximum absolute atomic E-state index is 11.8. The van der Waals surface area contributed by atoms with E-state index in [1.165, 1.54) is 0 Å². The summed E-state index contributed by atoms with van der Waals surface area (Å²) in [5.74, 6) is -0.165. The molecule has 5 heteroatoms. The van der Waals surface area contributed by atoms with Gasteiger partial charge in [-0.1, -0.05) is 12.1 Å². The summed E-state index contributed by atoms with van der Waals surface area (Å²) in [6.07, 6.45) is 5.25. The van der Waals surface area contributed by atoms with Crippen LogP contribution >= 0.6 is 0 Å². The van der Waals surface area contributed by atoms with E-state index in [-0.39, 0.29) is 18.6 Å². The number of nitrogens with zero attached hydrogens (tertiary/aromatic N) is 2. The van der Waals surface area contributed by atoms with Crippen molar-refractivity contribution >= 4 is 11.6 Å². The van der Waals surface area contributed by atoms with E-state index < -0.39 is 0 Å². The van der Waals surface area contributed by atoms with Gasteiger partial charge in [-0.15, -0.1) is 0 Å². The summed E-state index contributed by atoms with van der Waals surface area (Å²) in [5, 5.41) is 2.84. The van der Waals surface area contributed by atoms with Crippen LogP contribution in [0.3, 0.4) is 0 Å². The van der Waals surface area contributed by atoms with E-state index in [1.807, 2.05) is 48.9 Å². The Morgan fingerprint density at radius 2 is 2.21 bits per heavy atom. The number of aromatic nitrogens is 2. The molecule has 100 valence electrons. The van der Waals surface area contributed by atoms with Gasteiger partial charge in [0.2, 0.25) is 5.91 Å². The molecule has 0 unspecified atom stereocenters. The number of carbonyl (C=O) groups excluding carboxylic acids is 1. The first-order valence-corrected chi connectivity index (χ1v) is 6.15. The summed E-state index contributed by atoms with van der Waals surface area (Å²) < 4.78 is 7.12. The normalized spacial score (nSPS) is 10.7. The number of benzene rings is 1. The van der Waals surface area contributed by atoms with Gasteiger partial charge in [-0.25, -0.2) is 4.98 Å². The van der Waals surface area contributed by atoms with Gasteiger partial charge in [0.15, 0.2) is 0 Å². The first kappa shape index (κ1) is 13.3. The molecule has 0 radical (unpaired) electrons. The minimum atomic E-state index is -0.165. The van der Waals surface area contributed by atoms with Gasteiger partial charge in [-0.3, -0.25) is 4.79 Å². The fourth-order valence-electron chi connectivity index (χ4n) is 1.63. The van der Waals surface area contributed by atoms with Crippen LogP contribution < -0.4 is 5.32 Å². The van der Waals surface area contributed by atoms with E-state index in [0.29, 0.717) is 0 Å². The maximum atomic E-state index is 11.8. The number of para-hydroxylation sites is 2. The molecule has 2 rings (SSSR count). The van der Waals surface area contributed by atoms with Crippen LogP contribution in [-0.2, 0) is 9.53 Å². The molecular formula is C14H17N3O2. The maximum Gasteiger partial charge on any atom is 0.250 e. The second-order valence-corrected chi connectivity index (χ2v) is 4.40. The average Bonchev–Trinajstić information content (AvgIpc) is 2.91. The number of rotatable bonds is 5. The molecule has 0 saturated carbocycles. The lowest BCUT2D eigenvalue weighted by Crippen LogP contribution is -2.21. The van der Waals surface area contributed by atoms with E-state index in [0.717, 1.165) is 11.4 Å². The summed E-state index contributed by atoms with van der Waals surface area (Å²) in [6, 6.07) is 7.55. The van der Waals surface area contributed by atoms with Crippen LogP contribution in [0.4, 0.5) is 5.69 Å². The topological polar surface area (TPSA) is 56.1 Å². The molecule has 0 bridgehead atoms. The van der Waals surface area contributed by atoms with Crippen molar-refractivity contribution in [2.45, 2.75) is 20.0 Å². The zero-order valence-electron chi connectivity index (χ0n) is 11.0. The number of nitrogens with one attached hydrogen (secondary N) is 1. The monoisotopic (exact) mass is 259 g/mol. The molecule has 0 aliphatic carbocycles. The van der Waals surface area contributed by atoms with Crippen molar-refractivity contribution in [1.29, 1.82) is 0 Å². The quantitative estimate of drug-likeness (QED) is 0.895. The van der Waals surface area contributed by atoms with Crippen LogP contribution in [0, 0.1) is 0 Å². The number of ether oxygens (including phenoxy) is 1. The Labute approximate surface area is 112 Å². The van der Waals surface area contributed by atoms with Crippen LogP contribution in [0.1, 0.15) is 13.8 Å². The highest BCUT2D eigenvalue weighted by Gasteiger charge is 2.08. The second-order valence-electron chi connectivity index (χ2n) is 4.40. The molecule has 1 amide bonds. The molecule has 1 aromatic carbocycles. The summed E-state index contributed by atoms with van der Waals surface area (Å²) in [6.45, 7) is 3.84. The Bertz CT molecular complexity index is 535. The number of anilines is 1. The van der Waals surface area contributed by atoms with Gasteiger partial charge in [-0.2, -0.15) is 0 Å². The highest BCUT2D eigenvalue weighted by molar-refractivity contribution is 5.93. The molecule has 2 aromatic rings. The Hall–Kier alpha value is -2.14. The van der Waals surface area contributed by atoms with Crippen LogP contribution in [0.5, 0.6) is 0 Å². The highest BCUT2D eigenvalue weighted by atomic mass is 16.5. The van der Waals surface area contributed by atoms with Crippen LogP contribution in [0.2, 0.25) is 0 Å². The van der Waals surface area contributed by atoms with Crippen molar-refractivity contribution in [2.24, 2.45) is 0 Å². The number of imidazole rings is 1. The largest absolute Gasteiger partial charge is 0.369 e. The molecule has 1 aromatic heterocycles. The van der Waals surface area contributed by atoms with Gasteiger partial charge in [0, 0.05) is 12.4 Å². The molecule has 0 spiro atoms. The summed E-state index contributed by atoms with van der Waals surface area (Å²) in [5.41, 5.74) is 1.61. The zero-order valence-corrected chi connectivity index (χ0v) is 11.0. The lowest BCUT2D eigenvalue weighted by molar-refractivity contribution is -0.121. The molecule has 0 fully saturated rings. The number of amides is 1. The predicted octanol–water partition coefficient (Wildman–Crippen LogP) is 2.24.